The van der Waals surface area contributed by atoms with Gasteiger partial charge in [0.15, 0.2) is 0 Å². The van der Waals surface area contributed by atoms with Crippen LogP contribution in [0, 0.1) is 25.2 Å². The molecule has 0 spiro atoms. The fourth-order valence-corrected chi connectivity index (χ4v) is 3.45. The second-order valence-corrected chi connectivity index (χ2v) is 7.12. The molecule has 3 aromatic heterocycles. The van der Waals surface area contributed by atoms with Gasteiger partial charge in [-0.05, 0) is 43.2 Å². The number of hydrogen-bond donors (Lipinski definition) is 2. The molecule has 0 aliphatic rings. The fourth-order valence-electron chi connectivity index (χ4n) is 3.18. The molecular weight excluding hydrogens is 428 g/mol. The highest BCUT2D eigenvalue weighted by molar-refractivity contribution is 6.31. The van der Waals surface area contributed by atoms with E-state index in [9.17, 15) is 18.8 Å². The van der Waals surface area contributed by atoms with Crippen molar-refractivity contribution in [3.63, 3.8) is 0 Å². The Labute approximate surface area is 179 Å². The summed E-state index contributed by atoms with van der Waals surface area (Å²) in [6, 6.07) is 7.01. The number of carbonyl (C=O) groups is 1. The summed E-state index contributed by atoms with van der Waals surface area (Å²) < 4.78 is 26.2. The van der Waals surface area contributed by atoms with Gasteiger partial charge in [0.2, 0.25) is 0 Å². The number of alkyl halides is 2. The molecule has 0 saturated heterocycles. The molecule has 1 aromatic carbocycles. The number of hydrogen-bond acceptors (Lipinski definition) is 5. The summed E-state index contributed by atoms with van der Waals surface area (Å²) in [4.78, 5) is 16.9. The lowest BCUT2D eigenvalue weighted by molar-refractivity contribution is 0.0566. The van der Waals surface area contributed by atoms with Gasteiger partial charge in [0.05, 0.1) is 17.3 Å². The molecule has 0 aliphatic carbocycles. The van der Waals surface area contributed by atoms with Crippen molar-refractivity contribution in [1.82, 2.24) is 25.0 Å². The highest BCUT2D eigenvalue weighted by Gasteiger charge is 2.19. The van der Waals surface area contributed by atoms with Crippen LogP contribution in [0.3, 0.4) is 0 Å². The molecule has 0 unspecified atom stereocenters. The molecule has 8 nitrogen and oxygen atoms in total. The van der Waals surface area contributed by atoms with E-state index in [1.165, 1.54) is 12.4 Å². The van der Waals surface area contributed by atoms with Crippen molar-refractivity contribution in [2.45, 2.75) is 20.4 Å². The Hall–Kier alpha value is -3.84. The van der Waals surface area contributed by atoms with Crippen LogP contribution >= 0.6 is 11.6 Å². The van der Waals surface area contributed by atoms with Crippen LogP contribution < -0.4 is 5.32 Å². The highest BCUT2D eigenvalue weighted by atomic mass is 35.5. The minimum Gasteiger partial charge on any atom is -0.321 e. The lowest BCUT2D eigenvalue weighted by atomic mass is 10.0. The average molecular weight is 442 g/mol. The van der Waals surface area contributed by atoms with Gasteiger partial charge in [-0.2, -0.15) is 24.2 Å². The molecule has 0 atom stereocenters. The van der Waals surface area contributed by atoms with Crippen LogP contribution in [0.5, 0.6) is 0 Å². The van der Waals surface area contributed by atoms with Gasteiger partial charge in [0.25, 0.3) is 5.91 Å². The molecule has 11 heteroatoms. The van der Waals surface area contributed by atoms with Gasteiger partial charge in [-0.15, -0.1) is 0 Å². The number of carbonyl (C=O) groups excluding carboxylic acids is 1. The lowest BCUT2D eigenvalue weighted by Crippen LogP contribution is -2.17. The molecule has 31 heavy (non-hydrogen) atoms. The minimum absolute atomic E-state index is 0.0423. The van der Waals surface area contributed by atoms with E-state index in [-0.39, 0.29) is 16.4 Å². The van der Waals surface area contributed by atoms with E-state index in [2.05, 4.69) is 25.6 Å². The van der Waals surface area contributed by atoms with Crippen molar-refractivity contribution in [2.75, 3.05) is 5.32 Å². The molecular formula is C20H14ClF2N7O. The zero-order valence-corrected chi connectivity index (χ0v) is 17.0. The molecule has 0 radical (unpaired) electrons. The zero-order valence-electron chi connectivity index (χ0n) is 16.2. The summed E-state index contributed by atoms with van der Waals surface area (Å²) in [5.41, 5.74) is 3.38. The number of benzene rings is 1. The summed E-state index contributed by atoms with van der Waals surface area (Å²) in [5, 5.41) is 23.1. The Morgan fingerprint density at radius 3 is 2.77 bits per heavy atom. The van der Waals surface area contributed by atoms with Gasteiger partial charge in [-0.25, -0.2) is 9.67 Å². The molecule has 4 aromatic rings. The Kier molecular flexibility index (Phi) is 5.12. The van der Waals surface area contributed by atoms with Crippen LogP contribution in [-0.4, -0.2) is 30.9 Å². The van der Waals surface area contributed by atoms with Gasteiger partial charge < -0.3 is 5.32 Å². The Bertz CT molecular complexity index is 1370. The van der Waals surface area contributed by atoms with Crippen LogP contribution in [0.25, 0.3) is 22.2 Å². The number of pyridine rings is 1. The maximum absolute atomic E-state index is 12.8. The Morgan fingerprint density at radius 2 is 2.10 bits per heavy atom. The number of H-pyrrole nitrogens is 1. The molecule has 156 valence electrons. The quantitative estimate of drug-likeness (QED) is 0.449. The van der Waals surface area contributed by atoms with Crippen molar-refractivity contribution in [2.24, 2.45) is 0 Å². The first kappa shape index (κ1) is 20.4. The van der Waals surface area contributed by atoms with Gasteiger partial charge in [0, 0.05) is 22.8 Å². The van der Waals surface area contributed by atoms with Crippen molar-refractivity contribution in [1.29, 1.82) is 5.26 Å². The zero-order chi connectivity index (χ0) is 22.3. The summed E-state index contributed by atoms with van der Waals surface area (Å²) >= 11 is 6.04. The van der Waals surface area contributed by atoms with Crippen molar-refractivity contribution >= 4 is 34.1 Å². The van der Waals surface area contributed by atoms with E-state index in [0.717, 1.165) is 0 Å². The van der Waals surface area contributed by atoms with E-state index in [1.807, 2.05) is 6.07 Å². The first-order valence-electron chi connectivity index (χ1n) is 8.99. The monoisotopic (exact) mass is 441 g/mol. The number of halogens is 3. The van der Waals surface area contributed by atoms with Crippen LogP contribution in [0.15, 0.2) is 30.6 Å². The SMILES string of the molecule is Cc1c(C(=O)Nc2ccc3[nH]nc(-c4cnn(C(F)F)c4)c3c2)nc(Cl)c(C#N)c1C. The van der Waals surface area contributed by atoms with E-state index < -0.39 is 12.5 Å². The number of rotatable bonds is 4. The van der Waals surface area contributed by atoms with Crippen LogP contribution in [0.1, 0.15) is 33.7 Å². The second-order valence-electron chi connectivity index (χ2n) is 6.76. The van der Waals surface area contributed by atoms with Crippen LogP contribution in [0.4, 0.5) is 14.5 Å². The van der Waals surface area contributed by atoms with Gasteiger partial charge in [0.1, 0.15) is 22.6 Å². The van der Waals surface area contributed by atoms with Crippen molar-refractivity contribution in [3.8, 4) is 17.3 Å². The predicted octanol–water partition coefficient (Wildman–Crippen LogP) is 4.61. The molecule has 0 bridgehead atoms. The van der Waals surface area contributed by atoms with Gasteiger partial charge in [-0.1, -0.05) is 11.6 Å². The summed E-state index contributed by atoms with van der Waals surface area (Å²) in [5.74, 6) is -0.498. The van der Waals surface area contributed by atoms with Crippen molar-refractivity contribution < 1.29 is 13.6 Å². The van der Waals surface area contributed by atoms with Crippen LogP contribution in [0.2, 0.25) is 5.15 Å². The number of aromatic amines is 1. The molecule has 0 aliphatic heterocycles. The number of fused-ring (bicyclic) bond motifs is 1. The molecule has 1 amide bonds. The maximum Gasteiger partial charge on any atom is 0.333 e. The lowest BCUT2D eigenvalue weighted by Gasteiger charge is -2.11. The number of anilines is 1. The number of nitrogens with zero attached hydrogens (tertiary/aromatic N) is 5. The highest BCUT2D eigenvalue weighted by Crippen LogP contribution is 2.29. The van der Waals surface area contributed by atoms with Gasteiger partial charge in [-0.3, -0.25) is 9.89 Å². The van der Waals surface area contributed by atoms with E-state index >= 15 is 0 Å². The van der Waals surface area contributed by atoms with Gasteiger partial charge >= 0.3 is 6.55 Å². The summed E-state index contributed by atoms with van der Waals surface area (Å²) in [6.45, 7) is 0.626. The molecule has 0 saturated carbocycles. The number of nitrogens with one attached hydrogen (secondary N) is 2. The molecule has 3 heterocycles. The second kappa shape index (κ2) is 7.77. The van der Waals surface area contributed by atoms with Crippen LogP contribution in [-0.2, 0) is 0 Å². The van der Waals surface area contributed by atoms with E-state index in [0.29, 0.717) is 43.7 Å². The summed E-state index contributed by atoms with van der Waals surface area (Å²) in [7, 11) is 0. The maximum atomic E-state index is 12.8. The Balaban J connectivity index is 1.68. The number of aromatic nitrogens is 5. The van der Waals surface area contributed by atoms with Crippen molar-refractivity contribution in [3.05, 3.63) is 58.1 Å². The third-order valence-corrected chi connectivity index (χ3v) is 5.20. The van der Waals surface area contributed by atoms with E-state index in [4.69, 9.17) is 11.6 Å². The fraction of sp³-hybridized carbons (Fsp3) is 0.150. The van der Waals surface area contributed by atoms with E-state index in [1.54, 1.807) is 32.0 Å². The normalized spacial score (nSPS) is 11.1. The first-order chi connectivity index (χ1) is 14.8. The molecule has 0 fully saturated rings. The summed E-state index contributed by atoms with van der Waals surface area (Å²) in [6.07, 6.45) is 2.49. The number of amides is 1. The predicted molar refractivity (Wildman–Crippen MR) is 110 cm³/mol. The molecule has 2 N–H and O–H groups in total. The average Bonchev–Trinajstić information content (AvgIpc) is 3.37. The first-order valence-corrected chi connectivity index (χ1v) is 9.37. The third-order valence-electron chi connectivity index (χ3n) is 4.93. The third kappa shape index (κ3) is 3.60. The molecule has 4 rings (SSSR count). The largest absolute Gasteiger partial charge is 0.333 e. The Morgan fingerprint density at radius 1 is 1.32 bits per heavy atom. The topological polar surface area (TPSA) is 112 Å². The minimum atomic E-state index is -2.76. The standard InChI is InChI=1S/C20H14ClF2N7O/c1-9-10(2)16(27-18(21)14(9)6-24)19(31)26-12-3-4-15-13(5-12)17(29-28-15)11-7-25-30(8-11)20(22)23/h3-5,7-8,20H,1-2H3,(H,26,31)(H,28,29). The smallest absolute Gasteiger partial charge is 0.321 e. The number of nitriles is 1.